The maximum absolute atomic E-state index is 12.4. The maximum atomic E-state index is 12.4. The molecule has 0 N–H and O–H groups in total. The van der Waals surface area contributed by atoms with Crippen molar-refractivity contribution in [2.24, 2.45) is 5.92 Å². The van der Waals surface area contributed by atoms with Crippen LogP contribution in [0.25, 0.3) is 0 Å². The second kappa shape index (κ2) is 5.66. The van der Waals surface area contributed by atoms with Crippen LogP contribution in [0.2, 0.25) is 0 Å². The SMILES string of the molecule is Cc1ccccc1N1CCC[C@@H](C(=O)CC#N)C1=O. The third-order valence-electron chi connectivity index (χ3n) is 3.49. The molecule has 98 valence electrons. The van der Waals surface area contributed by atoms with E-state index >= 15 is 0 Å². The molecule has 1 atom stereocenters. The van der Waals surface area contributed by atoms with Crippen LogP contribution < -0.4 is 4.90 Å². The number of Topliss-reactive ketones (excluding diaryl/α,β-unsaturated/α-hetero) is 1. The smallest absolute Gasteiger partial charge is 0.237 e. The van der Waals surface area contributed by atoms with E-state index in [-0.39, 0.29) is 18.1 Å². The van der Waals surface area contributed by atoms with Crippen LogP contribution in [-0.2, 0) is 9.59 Å². The molecule has 0 unspecified atom stereocenters. The van der Waals surface area contributed by atoms with E-state index in [1.54, 1.807) is 4.90 Å². The molecule has 0 bridgehead atoms. The number of carbonyl (C=O) groups is 2. The fourth-order valence-electron chi connectivity index (χ4n) is 2.48. The summed E-state index contributed by atoms with van der Waals surface area (Å²) in [5.74, 6) is -1.07. The van der Waals surface area contributed by atoms with Gasteiger partial charge in [-0.2, -0.15) is 5.26 Å². The lowest BCUT2D eigenvalue weighted by molar-refractivity contribution is -0.133. The van der Waals surface area contributed by atoms with Gasteiger partial charge in [-0.25, -0.2) is 0 Å². The van der Waals surface area contributed by atoms with Gasteiger partial charge in [-0.15, -0.1) is 0 Å². The van der Waals surface area contributed by atoms with E-state index in [0.717, 1.165) is 17.7 Å². The van der Waals surface area contributed by atoms with Gasteiger partial charge in [-0.1, -0.05) is 18.2 Å². The fourth-order valence-corrected chi connectivity index (χ4v) is 2.48. The number of anilines is 1. The van der Waals surface area contributed by atoms with E-state index in [2.05, 4.69) is 0 Å². The molecular formula is C15H16N2O2. The van der Waals surface area contributed by atoms with Gasteiger partial charge < -0.3 is 4.90 Å². The van der Waals surface area contributed by atoms with Crippen LogP contribution in [0, 0.1) is 24.2 Å². The van der Waals surface area contributed by atoms with Crippen LogP contribution in [0.4, 0.5) is 5.69 Å². The molecule has 1 aliphatic rings. The van der Waals surface area contributed by atoms with Gasteiger partial charge in [-0.05, 0) is 31.4 Å². The Morgan fingerprint density at radius 1 is 1.47 bits per heavy atom. The molecule has 2 rings (SSSR count). The third kappa shape index (κ3) is 2.65. The normalized spacial score (nSPS) is 19.1. The van der Waals surface area contributed by atoms with Crippen molar-refractivity contribution in [1.82, 2.24) is 0 Å². The Balaban J connectivity index is 2.24. The number of amides is 1. The summed E-state index contributed by atoms with van der Waals surface area (Å²) in [5, 5.41) is 8.58. The molecule has 0 radical (unpaired) electrons. The third-order valence-corrected chi connectivity index (χ3v) is 3.49. The number of rotatable bonds is 3. The Kier molecular flexibility index (Phi) is 3.96. The molecule has 0 aliphatic carbocycles. The Morgan fingerprint density at radius 2 is 2.21 bits per heavy atom. The topological polar surface area (TPSA) is 61.2 Å². The molecule has 1 amide bonds. The predicted octanol–water partition coefficient (Wildman–Crippen LogP) is 2.22. The second-order valence-corrected chi connectivity index (χ2v) is 4.77. The van der Waals surface area contributed by atoms with E-state index in [0.29, 0.717) is 13.0 Å². The monoisotopic (exact) mass is 256 g/mol. The number of nitrogens with zero attached hydrogens (tertiary/aromatic N) is 2. The zero-order chi connectivity index (χ0) is 13.8. The van der Waals surface area contributed by atoms with Crippen molar-refractivity contribution >= 4 is 17.4 Å². The van der Waals surface area contributed by atoms with Crippen molar-refractivity contribution in [1.29, 1.82) is 5.26 Å². The van der Waals surface area contributed by atoms with Gasteiger partial charge in [0.05, 0.1) is 18.4 Å². The molecule has 4 heteroatoms. The molecule has 1 fully saturated rings. The second-order valence-electron chi connectivity index (χ2n) is 4.77. The summed E-state index contributed by atoms with van der Waals surface area (Å²) in [6.45, 7) is 2.59. The van der Waals surface area contributed by atoms with Crippen LogP contribution >= 0.6 is 0 Å². The first kappa shape index (κ1) is 13.3. The highest BCUT2D eigenvalue weighted by molar-refractivity contribution is 6.09. The van der Waals surface area contributed by atoms with Gasteiger partial charge in [0, 0.05) is 12.2 Å². The average Bonchev–Trinajstić information content (AvgIpc) is 2.40. The lowest BCUT2D eigenvalue weighted by atomic mass is 9.91. The van der Waals surface area contributed by atoms with Crippen LogP contribution in [-0.4, -0.2) is 18.2 Å². The molecule has 19 heavy (non-hydrogen) atoms. The summed E-state index contributed by atoms with van der Waals surface area (Å²) in [5.41, 5.74) is 1.88. The molecule has 1 saturated heterocycles. The summed E-state index contributed by atoms with van der Waals surface area (Å²) >= 11 is 0. The number of benzene rings is 1. The molecule has 0 aromatic heterocycles. The van der Waals surface area contributed by atoms with E-state index < -0.39 is 5.92 Å². The summed E-state index contributed by atoms with van der Waals surface area (Å²) < 4.78 is 0. The Bertz CT molecular complexity index is 545. The van der Waals surface area contributed by atoms with Crippen molar-refractivity contribution in [2.45, 2.75) is 26.2 Å². The predicted molar refractivity (Wildman–Crippen MR) is 71.5 cm³/mol. The first-order valence-electron chi connectivity index (χ1n) is 6.42. The molecule has 0 spiro atoms. The highest BCUT2D eigenvalue weighted by Gasteiger charge is 2.34. The van der Waals surface area contributed by atoms with Crippen molar-refractivity contribution in [2.75, 3.05) is 11.4 Å². The summed E-state index contributed by atoms with van der Waals surface area (Å²) in [4.78, 5) is 25.9. The molecule has 4 nitrogen and oxygen atoms in total. The first-order chi connectivity index (χ1) is 9.15. The molecule has 1 aromatic carbocycles. The lowest BCUT2D eigenvalue weighted by Crippen LogP contribution is -2.44. The Labute approximate surface area is 112 Å². The van der Waals surface area contributed by atoms with Crippen molar-refractivity contribution in [3.05, 3.63) is 29.8 Å². The maximum Gasteiger partial charge on any atom is 0.237 e. The molecule has 1 aromatic rings. The Morgan fingerprint density at radius 3 is 2.89 bits per heavy atom. The van der Waals surface area contributed by atoms with Gasteiger partial charge in [0.25, 0.3) is 0 Å². The number of nitriles is 1. The lowest BCUT2D eigenvalue weighted by Gasteiger charge is -2.32. The molecule has 0 saturated carbocycles. The van der Waals surface area contributed by atoms with Gasteiger partial charge >= 0.3 is 0 Å². The highest BCUT2D eigenvalue weighted by atomic mass is 16.2. The minimum absolute atomic E-state index is 0.166. The zero-order valence-electron chi connectivity index (χ0n) is 10.9. The standard InChI is InChI=1S/C15H16N2O2/c1-11-5-2-3-7-13(11)17-10-4-6-12(15(17)19)14(18)8-9-16/h2-3,5,7,12H,4,6,8,10H2,1H3/t12-/m0/s1. The van der Waals surface area contributed by atoms with Gasteiger partial charge in [-0.3, -0.25) is 9.59 Å². The van der Waals surface area contributed by atoms with E-state index in [4.69, 9.17) is 5.26 Å². The number of aryl methyl sites for hydroxylation is 1. The van der Waals surface area contributed by atoms with Crippen molar-refractivity contribution < 1.29 is 9.59 Å². The fraction of sp³-hybridized carbons (Fsp3) is 0.400. The summed E-state index contributed by atoms with van der Waals surface area (Å²) in [6.07, 6.45) is 1.17. The number of piperidine rings is 1. The summed E-state index contributed by atoms with van der Waals surface area (Å²) in [6, 6.07) is 9.48. The highest BCUT2D eigenvalue weighted by Crippen LogP contribution is 2.27. The summed E-state index contributed by atoms with van der Waals surface area (Å²) in [7, 11) is 0. The number of hydrogen-bond acceptors (Lipinski definition) is 3. The van der Waals surface area contributed by atoms with Gasteiger partial charge in [0.15, 0.2) is 5.78 Å². The average molecular weight is 256 g/mol. The Hall–Kier alpha value is -2.15. The van der Waals surface area contributed by atoms with Crippen LogP contribution in [0.15, 0.2) is 24.3 Å². The van der Waals surface area contributed by atoms with Gasteiger partial charge in [0.2, 0.25) is 5.91 Å². The molecule has 1 heterocycles. The number of carbonyl (C=O) groups excluding carboxylic acids is 2. The van der Waals surface area contributed by atoms with Crippen LogP contribution in [0.5, 0.6) is 0 Å². The van der Waals surface area contributed by atoms with E-state index in [9.17, 15) is 9.59 Å². The number of ketones is 1. The van der Waals surface area contributed by atoms with E-state index in [1.807, 2.05) is 37.3 Å². The minimum atomic E-state index is -0.645. The minimum Gasteiger partial charge on any atom is -0.312 e. The molecule has 1 aliphatic heterocycles. The number of hydrogen-bond donors (Lipinski definition) is 0. The molecular weight excluding hydrogens is 240 g/mol. The largest absolute Gasteiger partial charge is 0.312 e. The van der Waals surface area contributed by atoms with Crippen molar-refractivity contribution in [3.8, 4) is 6.07 Å². The number of para-hydroxylation sites is 1. The quantitative estimate of drug-likeness (QED) is 0.779. The zero-order valence-corrected chi connectivity index (χ0v) is 10.9. The van der Waals surface area contributed by atoms with Crippen LogP contribution in [0.1, 0.15) is 24.8 Å². The van der Waals surface area contributed by atoms with Gasteiger partial charge in [0.1, 0.15) is 0 Å². The van der Waals surface area contributed by atoms with Crippen molar-refractivity contribution in [3.63, 3.8) is 0 Å². The van der Waals surface area contributed by atoms with Crippen LogP contribution in [0.3, 0.4) is 0 Å². The first-order valence-corrected chi connectivity index (χ1v) is 6.42. The van der Waals surface area contributed by atoms with E-state index in [1.165, 1.54) is 0 Å².